The first-order valence-corrected chi connectivity index (χ1v) is 23.0. The number of nitrogens with zero attached hydrogens (tertiary/aromatic N) is 2. The van der Waals surface area contributed by atoms with E-state index in [2.05, 4.69) is 162 Å². The van der Waals surface area contributed by atoms with E-state index in [0.717, 1.165) is 44.1 Å². The maximum absolute atomic E-state index is 9.01. The Morgan fingerprint density at radius 3 is 1.43 bits per heavy atom. The van der Waals surface area contributed by atoms with Crippen LogP contribution < -0.4 is 14.3 Å². The van der Waals surface area contributed by atoms with Crippen LogP contribution in [0.3, 0.4) is 0 Å². The molecule has 0 fully saturated rings. The summed E-state index contributed by atoms with van der Waals surface area (Å²) >= 11 is -3.89. The molecule has 3 heteroatoms. The zero-order chi connectivity index (χ0) is 37.3. The van der Waals surface area contributed by atoms with E-state index in [0.29, 0.717) is 10.9 Å². The van der Waals surface area contributed by atoms with Gasteiger partial charge in [-0.15, -0.1) is 0 Å². The molecule has 0 spiro atoms. The topological polar surface area (TPSA) is 9.86 Å². The van der Waals surface area contributed by atoms with Crippen molar-refractivity contribution in [2.75, 3.05) is 0 Å². The third-order valence-corrected chi connectivity index (χ3v) is 24.0. The molecule has 0 aliphatic heterocycles. The Kier molecular flexibility index (Phi) is 6.22. The van der Waals surface area contributed by atoms with Gasteiger partial charge in [0.05, 0.1) is 4.11 Å². The molecule has 0 aliphatic rings. The van der Waals surface area contributed by atoms with Gasteiger partial charge in [0.2, 0.25) is 0 Å². The summed E-state index contributed by atoms with van der Waals surface area (Å²) in [7, 11) is 0. The maximum atomic E-state index is 9.01. The van der Waals surface area contributed by atoms with Crippen LogP contribution in [-0.4, -0.2) is 27.5 Å². The van der Waals surface area contributed by atoms with Crippen molar-refractivity contribution in [1.29, 1.82) is 0 Å². The normalized spacial score (nSPS) is 13.0. The van der Waals surface area contributed by atoms with Crippen LogP contribution in [0.5, 0.6) is 0 Å². The number of aromatic nitrogens is 2. The van der Waals surface area contributed by atoms with Crippen LogP contribution in [0.25, 0.3) is 55.0 Å². The molecular weight excluding hydrogens is 723 g/mol. The van der Waals surface area contributed by atoms with E-state index in [9.17, 15) is 0 Å². The molecule has 0 aliphatic carbocycles. The first-order chi connectivity index (χ1) is 27.0. The Morgan fingerprint density at radius 1 is 0.333 bits per heavy atom. The van der Waals surface area contributed by atoms with Gasteiger partial charge in [-0.1, -0.05) is 12.1 Å². The summed E-state index contributed by atoms with van der Waals surface area (Å²) < 4.78 is 44.7. The number of fused-ring (bicyclic) bond motifs is 6. The van der Waals surface area contributed by atoms with Crippen LogP contribution in [0.4, 0.5) is 0 Å². The third-order valence-electron chi connectivity index (χ3n) is 10.4. The summed E-state index contributed by atoms with van der Waals surface area (Å²) in [5.41, 5.74) is 5.40. The quantitative estimate of drug-likeness (QED) is 0.150. The van der Waals surface area contributed by atoms with Gasteiger partial charge in [-0.25, -0.2) is 0 Å². The third kappa shape index (κ3) is 4.63. The first-order valence-electron chi connectivity index (χ1n) is 19.3. The van der Waals surface area contributed by atoms with Crippen molar-refractivity contribution in [3.05, 3.63) is 206 Å². The van der Waals surface area contributed by atoms with Gasteiger partial charge in [0.25, 0.3) is 0 Å². The van der Waals surface area contributed by atoms with Crippen molar-refractivity contribution >= 4 is 76.3 Å². The summed E-state index contributed by atoms with van der Waals surface area (Å²) in [4.78, 5) is 0. The van der Waals surface area contributed by atoms with Crippen molar-refractivity contribution in [3.8, 4) is 11.4 Å². The zero-order valence-electron chi connectivity index (χ0n) is 31.7. The average Bonchev–Trinajstić information content (AvgIpc) is 3.77. The van der Waals surface area contributed by atoms with E-state index in [1.807, 2.05) is 28.8 Å². The molecule has 2 nitrogen and oxygen atoms in total. The van der Waals surface area contributed by atoms with E-state index < -0.39 is 18.4 Å². The number of hydrogen-bond donors (Lipinski definition) is 0. The molecule has 10 rings (SSSR count). The summed E-state index contributed by atoms with van der Waals surface area (Å²) in [6.07, 6.45) is 0. The molecule has 0 saturated heterocycles. The molecule has 2 aromatic heterocycles. The van der Waals surface area contributed by atoms with Crippen LogP contribution in [0, 0.1) is 0 Å². The van der Waals surface area contributed by atoms with Gasteiger partial charge in [-0.05, 0) is 0 Å². The fourth-order valence-corrected chi connectivity index (χ4v) is 21.9. The Labute approximate surface area is 307 Å². The summed E-state index contributed by atoms with van der Waals surface area (Å²) in [6.45, 7) is 0. The van der Waals surface area contributed by atoms with Crippen LogP contribution in [0.2, 0.25) is 0 Å². The van der Waals surface area contributed by atoms with Crippen LogP contribution in [-0.2, 0) is 0 Å². The molecule has 0 atom stereocenters. The average molecular weight is 762 g/mol. The Bertz CT molecular complexity index is 2990. The molecule has 0 amide bonds. The van der Waals surface area contributed by atoms with Crippen LogP contribution in [0.15, 0.2) is 206 Å². The molecule has 0 bridgehead atoms. The number of rotatable bonds is 6. The van der Waals surface area contributed by atoms with Gasteiger partial charge < -0.3 is 0 Å². The fraction of sp³-hybridized carbons (Fsp3) is 0. The molecule has 0 saturated carbocycles. The van der Waals surface area contributed by atoms with Crippen LogP contribution >= 0.6 is 0 Å². The van der Waals surface area contributed by atoms with Gasteiger partial charge >= 0.3 is 292 Å². The molecule has 0 radical (unpaired) electrons. The second-order valence-corrected chi connectivity index (χ2v) is 23.9. The molecule has 8 aromatic carbocycles. The second kappa shape index (κ2) is 12.2. The second-order valence-electron chi connectivity index (χ2n) is 13.0. The minimum absolute atomic E-state index is 0.0218. The minimum atomic E-state index is -3.89. The van der Waals surface area contributed by atoms with Gasteiger partial charge in [-0.2, -0.15) is 0 Å². The standard InChI is InChI=1S/C30H19N2.3C6H5.Sn/c1-2-10-21(11-3-1)31-29-17-9-6-14-25(29)26-20-22(18-19-30(26)31)32-27-15-7-4-12-23(27)24-13-5-8-16-28(24)32;3*1-2-4-6-5-3-1;/h1-2,4-20H;3*1-5H;/i4D,7D,12D,15D;;;;. The Balaban J connectivity index is 1.24. The number of para-hydroxylation sites is 3. The summed E-state index contributed by atoms with van der Waals surface area (Å²) in [6, 6.07) is 64.7. The van der Waals surface area contributed by atoms with Crippen molar-refractivity contribution < 1.29 is 5.48 Å². The van der Waals surface area contributed by atoms with Crippen molar-refractivity contribution in [2.24, 2.45) is 0 Å². The first kappa shape index (κ1) is 26.0. The number of hydrogen-bond acceptors (Lipinski definition) is 0. The van der Waals surface area contributed by atoms with Gasteiger partial charge in [0.1, 0.15) is 0 Å². The number of benzene rings is 8. The van der Waals surface area contributed by atoms with Crippen molar-refractivity contribution in [3.63, 3.8) is 0 Å². The van der Waals surface area contributed by atoms with E-state index in [1.165, 1.54) is 14.3 Å². The predicted molar refractivity (Wildman–Crippen MR) is 219 cm³/mol. The zero-order valence-corrected chi connectivity index (χ0v) is 30.6. The molecule has 2 heterocycles. The van der Waals surface area contributed by atoms with Crippen molar-refractivity contribution in [2.45, 2.75) is 0 Å². The monoisotopic (exact) mass is 762 g/mol. The molecule has 0 N–H and O–H groups in total. The summed E-state index contributed by atoms with van der Waals surface area (Å²) in [5, 5.41) is 3.51. The fourth-order valence-electron chi connectivity index (χ4n) is 8.26. The van der Waals surface area contributed by atoms with E-state index in [1.54, 1.807) is 0 Å². The van der Waals surface area contributed by atoms with Crippen LogP contribution in [0.1, 0.15) is 5.48 Å². The Morgan fingerprint density at radius 2 is 0.804 bits per heavy atom. The van der Waals surface area contributed by atoms with E-state index in [-0.39, 0.29) is 24.2 Å². The Hall–Kier alpha value is -5.84. The van der Waals surface area contributed by atoms with Gasteiger partial charge in [-0.3, -0.25) is 0 Å². The van der Waals surface area contributed by atoms with E-state index >= 15 is 0 Å². The molecule has 10 aromatic rings. The van der Waals surface area contributed by atoms with E-state index in [4.69, 9.17) is 5.48 Å². The molecular formula is C48H34N2Sn. The molecule has 240 valence electrons. The van der Waals surface area contributed by atoms with Gasteiger partial charge in [0.15, 0.2) is 0 Å². The molecule has 0 unspecified atom stereocenters. The summed E-state index contributed by atoms with van der Waals surface area (Å²) in [5.74, 6) is 0. The van der Waals surface area contributed by atoms with Crippen molar-refractivity contribution in [1.82, 2.24) is 9.13 Å². The molecule has 51 heavy (non-hydrogen) atoms. The van der Waals surface area contributed by atoms with Gasteiger partial charge in [0, 0.05) is 0 Å². The predicted octanol–water partition coefficient (Wildman–Crippen LogP) is 9.26. The SMILES string of the molecule is [2H]c1c([2H])c([2H])c2c(c1[2H])c1ccccc1n2-c1ccc2c(c1)c1ccccc1n2-c1ccc[c]([Sn]([c]2ccccc2)([c]2ccccc2)[c]2ccccc2)c1.